The number of hydrogen-bond acceptors (Lipinski definition) is 2. The number of benzene rings is 2. The summed E-state index contributed by atoms with van der Waals surface area (Å²) in [6, 6.07) is 10.8. The minimum absolute atomic E-state index is 0.0149. The summed E-state index contributed by atoms with van der Waals surface area (Å²) < 4.78 is 18.7. The number of halogens is 1. The molecule has 0 bridgehead atoms. The maximum atomic E-state index is 13.2. The molecule has 0 aliphatic heterocycles. The Labute approximate surface area is 135 Å². The van der Waals surface area contributed by atoms with Crippen molar-refractivity contribution in [2.75, 3.05) is 6.61 Å². The number of amides is 1. The molecule has 1 N–H and O–H groups in total. The second-order valence-electron chi connectivity index (χ2n) is 5.93. The van der Waals surface area contributed by atoms with Crippen LogP contribution < -0.4 is 10.1 Å². The SMILES string of the molecule is Cc1cc(CNC(=O)COc2ccc3c(c2)CCC3)ccc1F. The van der Waals surface area contributed by atoms with Crippen LogP contribution in [0.25, 0.3) is 0 Å². The number of ether oxygens (including phenoxy) is 1. The highest BCUT2D eigenvalue weighted by molar-refractivity contribution is 5.77. The average molecular weight is 313 g/mol. The fourth-order valence-corrected chi connectivity index (χ4v) is 2.86. The van der Waals surface area contributed by atoms with Crippen molar-refractivity contribution in [2.24, 2.45) is 0 Å². The molecule has 2 aromatic rings. The second-order valence-corrected chi connectivity index (χ2v) is 5.93. The summed E-state index contributed by atoms with van der Waals surface area (Å²) in [6.45, 7) is 2.06. The third kappa shape index (κ3) is 3.89. The van der Waals surface area contributed by atoms with E-state index in [9.17, 15) is 9.18 Å². The lowest BCUT2D eigenvalue weighted by Gasteiger charge is -2.09. The van der Waals surface area contributed by atoms with Crippen molar-refractivity contribution in [1.29, 1.82) is 0 Å². The molecule has 0 unspecified atom stereocenters. The van der Waals surface area contributed by atoms with Crippen molar-refractivity contribution in [3.8, 4) is 5.75 Å². The van der Waals surface area contributed by atoms with Crippen LogP contribution in [-0.4, -0.2) is 12.5 Å². The molecule has 0 aromatic heterocycles. The molecule has 0 spiro atoms. The fraction of sp³-hybridized carbons (Fsp3) is 0.316. The molecule has 3 nitrogen and oxygen atoms in total. The Kier molecular flexibility index (Phi) is 4.60. The van der Waals surface area contributed by atoms with Gasteiger partial charge in [-0.1, -0.05) is 18.2 Å². The van der Waals surface area contributed by atoms with Gasteiger partial charge in [0.15, 0.2) is 6.61 Å². The van der Waals surface area contributed by atoms with Crippen LogP contribution in [0.4, 0.5) is 4.39 Å². The molecule has 1 amide bonds. The van der Waals surface area contributed by atoms with Crippen molar-refractivity contribution in [1.82, 2.24) is 5.32 Å². The number of fused-ring (bicyclic) bond motifs is 1. The van der Waals surface area contributed by atoms with Crippen LogP contribution in [0.3, 0.4) is 0 Å². The summed E-state index contributed by atoms with van der Waals surface area (Å²) in [7, 11) is 0. The van der Waals surface area contributed by atoms with Crippen molar-refractivity contribution in [2.45, 2.75) is 32.7 Å². The van der Waals surface area contributed by atoms with Crippen molar-refractivity contribution < 1.29 is 13.9 Å². The predicted molar refractivity (Wildman–Crippen MR) is 86.9 cm³/mol. The standard InChI is InChI=1S/C19H20FNO2/c1-13-9-14(5-8-18(13)20)11-21-19(22)12-23-17-7-6-15-3-2-4-16(15)10-17/h5-10H,2-4,11-12H2,1H3,(H,21,22). The van der Waals surface area contributed by atoms with Gasteiger partial charge in [0, 0.05) is 6.54 Å². The summed E-state index contributed by atoms with van der Waals surface area (Å²) in [5.41, 5.74) is 4.15. The number of carbonyl (C=O) groups excluding carboxylic acids is 1. The maximum absolute atomic E-state index is 13.2. The molecular weight excluding hydrogens is 293 g/mol. The summed E-state index contributed by atoms with van der Waals surface area (Å²) in [5.74, 6) is 0.311. The molecule has 23 heavy (non-hydrogen) atoms. The van der Waals surface area contributed by atoms with Gasteiger partial charge in [-0.05, 0) is 66.6 Å². The number of aryl methyl sites for hydroxylation is 3. The van der Waals surface area contributed by atoms with Gasteiger partial charge in [0.2, 0.25) is 0 Å². The lowest BCUT2D eigenvalue weighted by molar-refractivity contribution is -0.123. The van der Waals surface area contributed by atoms with Crippen molar-refractivity contribution in [3.63, 3.8) is 0 Å². The smallest absolute Gasteiger partial charge is 0.258 e. The molecule has 1 aliphatic carbocycles. The van der Waals surface area contributed by atoms with E-state index in [1.54, 1.807) is 19.1 Å². The Balaban J connectivity index is 1.48. The quantitative estimate of drug-likeness (QED) is 0.919. The van der Waals surface area contributed by atoms with E-state index in [1.807, 2.05) is 12.1 Å². The molecule has 4 heteroatoms. The Hall–Kier alpha value is -2.36. The first-order chi connectivity index (χ1) is 11.1. The molecule has 1 aliphatic rings. The van der Waals surface area contributed by atoms with E-state index in [4.69, 9.17) is 4.74 Å². The van der Waals surface area contributed by atoms with Crippen LogP contribution in [0.2, 0.25) is 0 Å². The molecule has 0 radical (unpaired) electrons. The van der Waals surface area contributed by atoms with Crippen LogP contribution in [-0.2, 0) is 24.2 Å². The maximum Gasteiger partial charge on any atom is 0.258 e. The molecule has 120 valence electrons. The van der Waals surface area contributed by atoms with Gasteiger partial charge in [0.05, 0.1) is 0 Å². The number of carbonyl (C=O) groups is 1. The van der Waals surface area contributed by atoms with Crippen molar-refractivity contribution >= 4 is 5.91 Å². The monoisotopic (exact) mass is 313 g/mol. The van der Waals surface area contributed by atoms with E-state index >= 15 is 0 Å². The molecule has 0 saturated heterocycles. The van der Waals surface area contributed by atoms with Gasteiger partial charge in [0.25, 0.3) is 5.91 Å². The highest BCUT2D eigenvalue weighted by Gasteiger charge is 2.12. The van der Waals surface area contributed by atoms with Gasteiger partial charge >= 0.3 is 0 Å². The van der Waals surface area contributed by atoms with Crippen LogP contribution >= 0.6 is 0 Å². The van der Waals surface area contributed by atoms with E-state index in [0.717, 1.165) is 24.2 Å². The van der Waals surface area contributed by atoms with Crippen LogP contribution in [0.1, 0.15) is 28.7 Å². The summed E-state index contributed by atoms with van der Waals surface area (Å²) >= 11 is 0. The Bertz CT molecular complexity index is 727. The normalized spacial score (nSPS) is 12.8. The predicted octanol–water partition coefficient (Wildman–Crippen LogP) is 3.32. The molecule has 0 saturated carbocycles. The van der Waals surface area contributed by atoms with Crippen LogP contribution in [0, 0.1) is 12.7 Å². The molecular formula is C19H20FNO2. The first-order valence-electron chi connectivity index (χ1n) is 7.88. The Morgan fingerprint density at radius 1 is 1.17 bits per heavy atom. The first-order valence-corrected chi connectivity index (χ1v) is 7.88. The topological polar surface area (TPSA) is 38.3 Å². The van der Waals surface area contributed by atoms with Gasteiger partial charge in [-0.2, -0.15) is 0 Å². The molecule has 3 rings (SSSR count). The van der Waals surface area contributed by atoms with E-state index < -0.39 is 0 Å². The number of hydrogen-bond donors (Lipinski definition) is 1. The van der Waals surface area contributed by atoms with Gasteiger partial charge in [0.1, 0.15) is 11.6 Å². The Morgan fingerprint density at radius 2 is 2.00 bits per heavy atom. The summed E-state index contributed by atoms with van der Waals surface area (Å²) in [6.07, 6.45) is 3.41. The Morgan fingerprint density at radius 3 is 2.83 bits per heavy atom. The largest absolute Gasteiger partial charge is 0.484 e. The van der Waals surface area contributed by atoms with Gasteiger partial charge in [-0.15, -0.1) is 0 Å². The third-order valence-electron chi connectivity index (χ3n) is 4.15. The molecule has 0 fully saturated rings. The van der Waals surface area contributed by atoms with Crippen molar-refractivity contribution in [3.05, 3.63) is 64.5 Å². The summed E-state index contributed by atoms with van der Waals surface area (Å²) in [5, 5.41) is 2.78. The van der Waals surface area contributed by atoms with Gasteiger partial charge < -0.3 is 10.1 Å². The molecule has 0 heterocycles. The highest BCUT2D eigenvalue weighted by Crippen LogP contribution is 2.25. The highest BCUT2D eigenvalue weighted by atomic mass is 19.1. The minimum atomic E-state index is -0.236. The summed E-state index contributed by atoms with van der Waals surface area (Å²) in [4.78, 5) is 11.9. The van der Waals surface area contributed by atoms with Gasteiger partial charge in [-0.3, -0.25) is 4.79 Å². The van der Waals surface area contributed by atoms with E-state index in [0.29, 0.717) is 12.1 Å². The van der Waals surface area contributed by atoms with Gasteiger partial charge in [-0.25, -0.2) is 4.39 Å². The fourth-order valence-electron chi connectivity index (χ4n) is 2.86. The van der Waals surface area contributed by atoms with E-state index in [2.05, 4.69) is 11.4 Å². The zero-order valence-electron chi connectivity index (χ0n) is 13.2. The zero-order valence-corrected chi connectivity index (χ0v) is 13.2. The molecule has 0 atom stereocenters. The average Bonchev–Trinajstić information content (AvgIpc) is 3.01. The van der Waals surface area contributed by atoms with Crippen LogP contribution in [0.5, 0.6) is 5.75 Å². The number of rotatable bonds is 5. The lowest BCUT2D eigenvalue weighted by atomic mass is 10.1. The second kappa shape index (κ2) is 6.82. The number of nitrogens with one attached hydrogen (secondary N) is 1. The molecule has 2 aromatic carbocycles. The van der Waals surface area contributed by atoms with E-state index in [1.165, 1.54) is 23.6 Å². The third-order valence-corrected chi connectivity index (χ3v) is 4.15. The van der Waals surface area contributed by atoms with E-state index in [-0.39, 0.29) is 18.3 Å². The zero-order chi connectivity index (χ0) is 16.2. The lowest BCUT2D eigenvalue weighted by Crippen LogP contribution is -2.28. The minimum Gasteiger partial charge on any atom is -0.484 e. The first kappa shape index (κ1) is 15.5. The van der Waals surface area contributed by atoms with Crippen LogP contribution in [0.15, 0.2) is 36.4 Å².